The maximum Gasteiger partial charge on any atom is 0.0589 e. The van der Waals surface area contributed by atoms with Gasteiger partial charge >= 0.3 is 0 Å². The van der Waals surface area contributed by atoms with Gasteiger partial charge in [-0.2, -0.15) is 0 Å². The molecule has 1 aromatic rings. The van der Waals surface area contributed by atoms with E-state index in [-0.39, 0.29) is 0 Å². The van der Waals surface area contributed by atoms with Crippen molar-refractivity contribution in [2.24, 2.45) is 0 Å². The van der Waals surface area contributed by atoms with Crippen LogP contribution in [-0.2, 0) is 16.0 Å². The van der Waals surface area contributed by atoms with Crippen LogP contribution in [0.3, 0.4) is 0 Å². The van der Waals surface area contributed by atoms with Crippen molar-refractivity contribution in [3.8, 4) is 0 Å². The lowest BCUT2D eigenvalue weighted by molar-refractivity contribution is 0.129. The number of anilines is 1. The minimum absolute atomic E-state index is 0.751. The monoisotopic (exact) mass is 266 g/mol. The highest BCUT2D eigenvalue weighted by Crippen LogP contribution is 2.14. The summed E-state index contributed by atoms with van der Waals surface area (Å²) in [5.74, 6) is 0. The first kappa shape index (κ1) is 16.0. The number of aryl methyl sites for hydroxylation is 1. The summed E-state index contributed by atoms with van der Waals surface area (Å²) in [7, 11) is 3.48. The zero-order valence-corrected chi connectivity index (χ0v) is 12.3. The van der Waals surface area contributed by atoms with Crippen molar-refractivity contribution in [2.45, 2.75) is 19.9 Å². The van der Waals surface area contributed by atoms with E-state index in [2.05, 4.69) is 17.0 Å². The molecule has 0 amide bonds. The van der Waals surface area contributed by atoms with E-state index >= 15 is 0 Å². The molecule has 0 fully saturated rings. The van der Waals surface area contributed by atoms with Crippen LogP contribution in [0, 0.1) is 6.92 Å². The SMILES string of the molecule is COCCCN(CCOC)Cc1ccc(N)c(C)c1. The summed E-state index contributed by atoms with van der Waals surface area (Å²) in [5, 5.41) is 0. The molecule has 0 spiro atoms. The van der Waals surface area contributed by atoms with Crippen molar-refractivity contribution in [3.63, 3.8) is 0 Å². The Balaban J connectivity index is 2.56. The second kappa shape index (κ2) is 8.91. The number of rotatable bonds is 9. The number of benzene rings is 1. The standard InChI is InChI=1S/C15H26N2O2/c1-13-11-14(5-6-15(13)16)12-17(8-10-19-3)7-4-9-18-2/h5-6,11H,4,7-10,12,16H2,1-3H3. The zero-order valence-electron chi connectivity index (χ0n) is 12.3. The van der Waals surface area contributed by atoms with Crippen molar-refractivity contribution in [1.82, 2.24) is 4.90 Å². The predicted octanol–water partition coefficient (Wildman–Crippen LogP) is 2.06. The Labute approximate surface area is 116 Å². The molecular formula is C15H26N2O2. The molecule has 4 heteroatoms. The highest BCUT2D eigenvalue weighted by Gasteiger charge is 2.06. The number of nitrogens with two attached hydrogens (primary N) is 1. The molecule has 0 radical (unpaired) electrons. The fourth-order valence-electron chi connectivity index (χ4n) is 2.02. The average Bonchev–Trinajstić information content (AvgIpc) is 2.40. The van der Waals surface area contributed by atoms with Gasteiger partial charge in [0.25, 0.3) is 0 Å². The maximum atomic E-state index is 5.85. The molecule has 0 aliphatic heterocycles. The summed E-state index contributed by atoms with van der Waals surface area (Å²) < 4.78 is 10.3. The fourth-order valence-corrected chi connectivity index (χ4v) is 2.02. The average molecular weight is 266 g/mol. The second-order valence-corrected chi connectivity index (χ2v) is 4.81. The quantitative estimate of drug-likeness (QED) is 0.549. The topological polar surface area (TPSA) is 47.7 Å². The number of ether oxygens (including phenoxy) is 2. The number of nitrogens with zero attached hydrogens (tertiary/aromatic N) is 1. The number of nitrogen functional groups attached to an aromatic ring is 1. The molecule has 2 N–H and O–H groups in total. The molecule has 0 saturated heterocycles. The lowest BCUT2D eigenvalue weighted by Crippen LogP contribution is -2.28. The normalized spacial score (nSPS) is 11.2. The molecule has 0 bridgehead atoms. The van der Waals surface area contributed by atoms with E-state index in [1.165, 1.54) is 5.56 Å². The van der Waals surface area contributed by atoms with Crippen LogP contribution in [0.1, 0.15) is 17.5 Å². The van der Waals surface area contributed by atoms with Crippen LogP contribution in [0.15, 0.2) is 18.2 Å². The van der Waals surface area contributed by atoms with E-state index in [4.69, 9.17) is 15.2 Å². The minimum atomic E-state index is 0.751. The van der Waals surface area contributed by atoms with E-state index < -0.39 is 0 Å². The maximum absolute atomic E-state index is 5.85. The first-order chi connectivity index (χ1) is 9.17. The molecule has 0 atom stereocenters. The molecule has 108 valence electrons. The molecule has 19 heavy (non-hydrogen) atoms. The van der Waals surface area contributed by atoms with Gasteiger partial charge in [-0.15, -0.1) is 0 Å². The molecule has 0 saturated carbocycles. The van der Waals surface area contributed by atoms with E-state index in [0.717, 1.165) is 50.5 Å². The summed E-state index contributed by atoms with van der Waals surface area (Å²) in [6.45, 7) is 6.47. The van der Waals surface area contributed by atoms with E-state index in [9.17, 15) is 0 Å². The third-order valence-electron chi connectivity index (χ3n) is 3.17. The molecular weight excluding hydrogens is 240 g/mol. The first-order valence-electron chi connectivity index (χ1n) is 6.72. The first-order valence-corrected chi connectivity index (χ1v) is 6.72. The third-order valence-corrected chi connectivity index (χ3v) is 3.17. The van der Waals surface area contributed by atoms with E-state index in [1.54, 1.807) is 14.2 Å². The van der Waals surface area contributed by atoms with Crippen LogP contribution >= 0.6 is 0 Å². The van der Waals surface area contributed by atoms with Crippen molar-refractivity contribution in [1.29, 1.82) is 0 Å². The Morgan fingerprint density at radius 1 is 1.11 bits per heavy atom. The van der Waals surface area contributed by atoms with Crippen molar-refractivity contribution < 1.29 is 9.47 Å². The smallest absolute Gasteiger partial charge is 0.0589 e. The van der Waals surface area contributed by atoms with Gasteiger partial charge in [0, 0.05) is 46.1 Å². The molecule has 0 heterocycles. The Kier molecular flexibility index (Phi) is 7.48. The Morgan fingerprint density at radius 2 is 1.84 bits per heavy atom. The molecule has 0 unspecified atom stereocenters. The van der Waals surface area contributed by atoms with Gasteiger partial charge in [-0.3, -0.25) is 4.90 Å². The van der Waals surface area contributed by atoms with Crippen LogP contribution in [0.2, 0.25) is 0 Å². The number of methoxy groups -OCH3 is 2. The lowest BCUT2D eigenvalue weighted by Gasteiger charge is -2.22. The van der Waals surface area contributed by atoms with Gasteiger partial charge in [-0.1, -0.05) is 12.1 Å². The summed E-state index contributed by atoms with van der Waals surface area (Å²) in [6, 6.07) is 6.23. The summed E-state index contributed by atoms with van der Waals surface area (Å²) in [4.78, 5) is 2.38. The molecule has 0 aromatic heterocycles. The molecule has 0 aliphatic rings. The van der Waals surface area contributed by atoms with E-state index in [0.29, 0.717) is 0 Å². The van der Waals surface area contributed by atoms with Crippen LogP contribution in [0.25, 0.3) is 0 Å². The van der Waals surface area contributed by atoms with Gasteiger partial charge in [0.1, 0.15) is 0 Å². The van der Waals surface area contributed by atoms with Crippen LogP contribution < -0.4 is 5.73 Å². The molecule has 0 aliphatic carbocycles. The van der Waals surface area contributed by atoms with Crippen LogP contribution in [0.4, 0.5) is 5.69 Å². The van der Waals surface area contributed by atoms with Crippen LogP contribution in [-0.4, -0.2) is 45.4 Å². The van der Waals surface area contributed by atoms with Gasteiger partial charge in [-0.25, -0.2) is 0 Å². The Bertz CT molecular complexity index is 369. The summed E-state index contributed by atoms with van der Waals surface area (Å²) in [6.07, 6.45) is 1.04. The lowest BCUT2D eigenvalue weighted by atomic mass is 10.1. The Hall–Kier alpha value is -1.10. The Morgan fingerprint density at radius 3 is 2.47 bits per heavy atom. The molecule has 1 aromatic carbocycles. The van der Waals surface area contributed by atoms with Crippen molar-refractivity contribution in [2.75, 3.05) is 46.3 Å². The van der Waals surface area contributed by atoms with Gasteiger partial charge in [0.2, 0.25) is 0 Å². The van der Waals surface area contributed by atoms with Gasteiger partial charge in [-0.05, 0) is 30.5 Å². The summed E-state index contributed by atoms with van der Waals surface area (Å²) >= 11 is 0. The van der Waals surface area contributed by atoms with E-state index in [1.807, 2.05) is 13.0 Å². The van der Waals surface area contributed by atoms with Gasteiger partial charge in [0.05, 0.1) is 6.61 Å². The van der Waals surface area contributed by atoms with Crippen LogP contribution in [0.5, 0.6) is 0 Å². The van der Waals surface area contributed by atoms with Gasteiger partial charge in [0.15, 0.2) is 0 Å². The van der Waals surface area contributed by atoms with Gasteiger partial charge < -0.3 is 15.2 Å². The summed E-state index contributed by atoms with van der Waals surface area (Å²) in [5.41, 5.74) is 9.13. The third kappa shape index (κ3) is 6.05. The number of hydrogen-bond acceptors (Lipinski definition) is 4. The molecule has 1 rings (SSSR count). The molecule has 4 nitrogen and oxygen atoms in total. The largest absolute Gasteiger partial charge is 0.399 e. The predicted molar refractivity (Wildman–Crippen MR) is 79.2 cm³/mol. The fraction of sp³-hybridized carbons (Fsp3) is 0.600. The highest BCUT2D eigenvalue weighted by molar-refractivity contribution is 5.47. The zero-order chi connectivity index (χ0) is 14.1. The second-order valence-electron chi connectivity index (χ2n) is 4.81. The highest BCUT2D eigenvalue weighted by atomic mass is 16.5. The number of hydrogen-bond donors (Lipinski definition) is 1. The minimum Gasteiger partial charge on any atom is -0.399 e. The van der Waals surface area contributed by atoms with Crippen molar-refractivity contribution in [3.05, 3.63) is 29.3 Å². The van der Waals surface area contributed by atoms with Crippen molar-refractivity contribution >= 4 is 5.69 Å².